The molecule has 2 fully saturated rings. The van der Waals surface area contributed by atoms with Crippen LogP contribution in [0.2, 0.25) is 0 Å². The molecule has 1 aliphatic heterocycles. The number of rotatable bonds is 5. The molecule has 138 valence electrons. The summed E-state index contributed by atoms with van der Waals surface area (Å²) in [6.45, 7) is 3.39. The van der Waals surface area contributed by atoms with Crippen molar-refractivity contribution >= 4 is 11.6 Å². The van der Waals surface area contributed by atoms with E-state index >= 15 is 0 Å². The Morgan fingerprint density at radius 2 is 1.92 bits per heavy atom. The maximum absolute atomic E-state index is 12.8. The number of aromatic amines is 1. The van der Waals surface area contributed by atoms with Gasteiger partial charge in [0.2, 0.25) is 0 Å². The van der Waals surface area contributed by atoms with E-state index < -0.39 is 11.2 Å². The van der Waals surface area contributed by atoms with E-state index in [2.05, 4.69) is 9.88 Å². The van der Waals surface area contributed by atoms with E-state index in [9.17, 15) is 14.4 Å². The van der Waals surface area contributed by atoms with Gasteiger partial charge < -0.3 is 5.73 Å². The first-order chi connectivity index (χ1) is 12.0. The zero-order valence-electron chi connectivity index (χ0n) is 14.9. The monoisotopic (exact) mass is 348 g/mol. The Hall–Kier alpha value is -1.89. The molecule has 0 bridgehead atoms. The first-order valence-corrected chi connectivity index (χ1v) is 9.42. The molecule has 1 saturated heterocycles. The number of anilines is 1. The maximum atomic E-state index is 12.8. The highest BCUT2D eigenvalue weighted by Crippen LogP contribution is 2.35. The van der Waals surface area contributed by atoms with E-state index in [1.54, 1.807) is 0 Å². The Morgan fingerprint density at radius 1 is 1.20 bits per heavy atom. The third-order valence-corrected chi connectivity index (χ3v) is 5.67. The van der Waals surface area contributed by atoms with Gasteiger partial charge in [0.05, 0.1) is 6.54 Å². The van der Waals surface area contributed by atoms with E-state index in [0.29, 0.717) is 24.9 Å². The van der Waals surface area contributed by atoms with Crippen LogP contribution in [0.4, 0.5) is 5.82 Å². The first kappa shape index (κ1) is 17.9. The summed E-state index contributed by atoms with van der Waals surface area (Å²) in [4.78, 5) is 41.4. The third kappa shape index (κ3) is 3.56. The van der Waals surface area contributed by atoms with Crippen molar-refractivity contribution in [1.82, 2.24) is 14.5 Å². The van der Waals surface area contributed by atoms with Crippen LogP contribution in [0.5, 0.6) is 0 Å². The second kappa shape index (κ2) is 7.56. The number of likely N-dealkylation sites (tertiary alicyclic amines) is 1. The number of Topliss-reactive ketones (excluding diaryl/α,β-unsaturated/α-hetero) is 1. The largest absolute Gasteiger partial charge is 0.384 e. The summed E-state index contributed by atoms with van der Waals surface area (Å²) in [5.41, 5.74) is 4.73. The first-order valence-electron chi connectivity index (χ1n) is 9.42. The topological polar surface area (TPSA) is 101 Å². The predicted octanol–water partition coefficient (Wildman–Crippen LogP) is 1.37. The number of nitrogens with zero attached hydrogens (tertiary/aromatic N) is 2. The zero-order valence-corrected chi connectivity index (χ0v) is 14.9. The molecule has 0 spiro atoms. The van der Waals surface area contributed by atoms with Crippen LogP contribution in [0, 0.1) is 5.92 Å². The highest BCUT2D eigenvalue weighted by atomic mass is 16.2. The lowest BCUT2D eigenvalue weighted by molar-refractivity contribution is 0.0538. The number of carbonyl (C=O) groups is 1. The fraction of sp³-hybridized carbons (Fsp3) is 0.722. The SMILES string of the molecule is CCCn1c(N)c(C(=O)CN2CCC[C@@H]3CCCC[C@@H]32)c(=O)[nH]c1=O. The molecule has 7 heteroatoms. The fourth-order valence-corrected chi connectivity index (χ4v) is 4.49. The van der Waals surface area contributed by atoms with Gasteiger partial charge in [-0.1, -0.05) is 19.8 Å². The van der Waals surface area contributed by atoms with Crippen LogP contribution >= 0.6 is 0 Å². The standard InChI is InChI=1S/C18H28N4O3/c1-2-9-22-16(19)15(17(24)20-18(22)25)14(23)11-21-10-5-7-12-6-3-4-8-13(12)21/h12-13H,2-11,19H2,1H3,(H,20,24,25)/t12-,13-/m0/s1. The lowest BCUT2D eigenvalue weighted by Gasteiger charge is -2.43. The number of nitrogens with two attached hydrogens (primary N) is 1. The van der Waals surface area contributed by atoms with Gasteiger partial charge in [-0.25, -0.2) is 4.79 Å². The molecule has 1 aromatic heterocycles. The highest BCUT2D eigenvalue weighted by Gasteiger charge is 2.34. The van der Waals surface area contributed by atoms with Gasteiger partial charge in [-0.05, 0) is 44.6 Å². The van der Waals surface area contributed by atoms with Crippen molar-refractivity contribution in [2.24, 2.45) is 5.92 Å². The molecule has 3 N–H and O–H groups in total. The molecule has 0 amide bonds. The molecule has 2 aliphatic rings. The van der Waals surface area contributed by atoms with Gasteiger partial charge in [0, 0.05) is 12.6 Å². The second-order valence-electron chi connectivity index (χ2n) is 7.32. The van der Waals surface area contributed by atoms with E-state index in [-0.39, 0.29) is 23.7 Å². The third-order valence-electron chi connectivity index (χ3n) is 5.67. The maximum Gasteiger partial charge on any atom is 0.329 e. The number of carbonyl (C=O) groups excluding carboxylic acids is 1. The number of aromatic nitrogens is 2. The zero-order chi connectivity index (χ0) is 18.0. The van der Waals surface area contributed by atoms with Crippen LogP contribution < -0.4 is 17.0 Å². The second-order valence-corrected chi connectivity index (χ2v) is 7.32. The van der Waals surface area contributed by atoms with Crippen molar-refractivity contribution in [2.45, 2.75) is 64.5 Å². The molecule has 25 heavy (non-hydrogen) atoms. The summed E-state index contributed by atoms with van der Waals surface area (Å²) in [7, 11) is 0. The van der Waals surface area contributed by atoms with E-state index in [4.69, 9.17) is 5.73 Å². The van der Waals surface area contributed by atoms with Crippen LogP contribution in [-0.2, 0) is 6.54 Å². The molecular weight excluding hydrogens is 320 g/mol. The summed E-state index contributed by atoms with van der Waals surface area (Å²) in [5.74, 6) is 0.382. The van der Waals surface area contributed by atoms with Crippen LogP contribution in [0.1, 0.15) is 62.2 Å². The van der Waals surface area contributed by atoms with E-state index in [1.807, 2.05) is 6.92 Å². The van der Waals surface area contributed by atoms with Crippen molar-refractivity contribution in [2.75, 3.05) is 18.8 Å². The quantitative estimate of drug-likeness (QED) is 0.783. The minimum atomic E-state index is -0.669. The van der Waals surface area contributed by atoms with Crippen LogP contribution in [0.15, 0.2) is 9.59 Å². The molecule has 2 heterocycles. The summed E-state index contributed by atoms with van der Waals surface area (Å²) < 4.78 is 1.29. The smallest absolute Gasteiger partial charge is 0.329 e. The summed E-state index contributed by atoms with van der Waals surface area (Å²) in [6.07, 6.45) is 7.86. The average molecular weight is 348 g/mol. The Labute approximate surface area is 147 Å². The minimum absolute atomic E-state index is 0.00203. The molecule has 7 nitrogen and oxygen atoms in total. The fourth-order valence-electron chi connectivity index (χ4n) is 4.49. The van der Waals surface area contributed by atoms with Crippen molar-refractivity contribution in [3.8, 4) is 0 Å². The van der Waals surface area contributed by atoms with Gasteiger partial charge in [0.1, 0.15) is 11.4 Å². The number of hydrogen-bond donors (Lipinski definition) is 2. The lowest BCUT2D eigenvalue weighted by atomic mass is 9.78. The summed E-state index contributed by atoms with van der Waals surface area (Å²) in [5, 5.41) is 0. The number of hydrogen-bond acceptors (Lipinski definition) is 5. The average Bonchev–Trinajstić information content (AvgIpc) is 2.59. The molecule has 1 aliphatic carbocycles. The number of nitrogens with one attached hydrogen (secondary N) is 1. The van der Waals surface area contributed by atoms with E-state index in [0.717, 1.165) is 19.4 Å². The van der Waals surface area contributed by atoms with Gasteiger partial charge in [0.25, 0.3) is 5.56 Å². The summed E-state index contributed by atoms with van der Waals surface area (Å²) in [6, 6.07) is 0.438. The number of piperidine rings is 1. The molecule has 0 radical (unpaired) electrons. The normalized spacial score (nSPS) is 24.0. The van der Waals surface area contributed by atoms with Gasteiger partial charge in [-0.3, -0.25) is 24.0 Å². The number of fused-ring (bicyclic) bond motifs is 1. The van der Waals surface area contributed by atoms with Crippen molar-refractivity contribution in [3.05, 3.63) is 26.4 Å². The molecule has 1 aromatic rings. The molecule has 1 saturated carbocycles. The molecule has 2 atom stereocenters. The number of nitrogen functional groups attached to an aromatic ring is 1. The molecule has 0 unspecified atom stereocenters. The molecule has 0 aromatic carbocycles. The number of ketones is 1. The van der Waals surface area contributed by atoms with Gasteiger partial charge in [-0.2, -0.15) is 0 Å². The summed E-state index contributed by atoms with van der Waals surface area (Å²) >= 11 is 0. The van der Waals surface area contributed by atoms with Gasteiger partial charge >= 0.3 is 5.69 Å². The highest BCUT2D eigenvalue weighted by molar-refractivity contribution is 6.01. The lowest BCUT2D eigenvalue weighted by Crippen LogP contribution is -2.49. The van der Waals surface area contributed by atoms with Crippen LogP contribution in [0.3, 0.4) is 0 Å². The van der Waals surface area contributed by atoms with Crippen molar-refractivity contribution in [1.29, 1.82) is 0 Å². The van der Waals surface area contributed by atoms with Crippen molar-refractivity contribution in [3.63, 3.8) is 0 Å². The van der Waals surface area contributed by atoms with Gasteiger partial charge in [0.15, 0.2) is 5.78 Å². The van der Waals surface area contributed by atoms with Crippen LogP contribution in [-0.4, -0.2) is 39.4 Å². The molecular formula is C18H28N4O3. The Morgan fingerprint density at radius 3 is 2.68 bits per heavy atom. The Bertz CT molecular complexity index is 750. The molecule has 3 rings (SSSR count). The number of H-pyrrole nitrogens is 1. The van der Waals surface area contributed by atoms with E-state index in [1.165, 1.54) is 30.3 Å². The van der Waals surface area contributed by atoms with Crippen molar-refractivity contribution < 1.29 is 4.79 Å². The van der Waals surface area contributed by atoms with Gasteiger partial charge in [-0.15, -0.1) is 0 Å². The minimum Gasteiger partial charge on any atom is -0.384 e. The Kier molecular flexibility index (Phi) is 5.42. The Balaban J connectivity index is 1.84. The van der Waals surface area contributed by atoms with Crippen LogP contribution in [0.25, 0.3) is 0 Å². The predicted molar refractivity (Wildman–Crippen MR) is 96.9 cm³/mol.